The number of hydrogen-bond acceptors (Lipinski definition) is 10. The number of benzene rings is 3. The van der Waals surface area contributed by atoms with Crippen LogP contribution in [-0.4, -0.2) is 51.8 Å². The molecule has 34 heavy (non-hydrogen) atoms. The summed E-state index contributed by atoms with van der Waals surface area (Å²) in [5, 5.41) is 49.9. The minimum absolute atomic E-state index is 0.0127. The van der Waals surface area contributed by atoms with E-state index in [1.165, 1.54) is 44.6 Å². The lowest BCUT2D eigenvalue weighted by atomic mass is 9.93. The molecule has 0 radical (unpaired) electrons. The van der Waals surface area contributed by atoms with Gasteiger partial charge in [-0.3, -0.25) is 0 Å². The van der Waals surface area contributed by atoms with Crippen LogP contribution in [0.5, 0.6) is 46.0 Å². The zero-order valence-electron chi connectivity index (χ0n) is 18.2. The summed E-state index contributed by atoms with van der Waals surface area (Å²) in [4.78, 5) is 13.0. The van der Waals surface area contributed by atoms with Gasteiger partial charge in [0, 0.05) is 29.7 Å². The first kappa shape index (κ1) is 22.7. The van der Waals surface area contributed by atoms with Crippen molar-refractivity contribution in [3.05, 3.63) is 59.2 Å². The largest absolute Gasteiger partial charge is 0.508 e. The van der Waals surface area contributed by atoms with Crippen molar-refractivity contribution in [1.82, 2.24) is 0 Å². The smallest absolute Gasteiger partial charge is 0.338 e. The lowest BCUT2D eigenvalue weighted by Crippen LogP contribution is -2.34. The third-order valence-electron chi connectivity index (χ3n) is 5.45. The SMILES string of the molecule is COc1cc(C(=O)O[C@@H]2Cc3c(O)cc(O)cc3O[C@@H]2c2ccc(O)c(O)c2)cc(O)c1OC. The van der Waals surface area contributed by atoms with Crippen LogP contribution in [0.25, 0.3) is 0 Å². The van der Waals surface area contributed by atoms with Crippen LogP contribution in [0.2, 0.25) is 0 Å². The molecule has 0 spiro atoms. The molecule has 10 nitrogen and oxygen atoms in total. The van der Waals surface area contributed by atoms with Gasteiger partial charge in [0.05, 0.1) is 19.8 Å². The highest BCUT2D eigenvalue weighted by molar-refractivity contribution is 5.91. The minimum atomic E-state index is -0.991. The molecule has 0 saturated carbocycles. The van der Waals surface area contributed by atoms with Crippen LogP contribution in [0.1, 0.15) is 27.6 Å². The molecule has 2 atom stereocenters. The molecular weight excluding hydrogens is 448 g/mol. The Morgan fingerprint density at radius 3 is 2.32 bits per heavy atom. The van der Waals surface area contributed by atoms with Crippen molar-refractivity contribution in [2.75, 3.05) is 14.2 Å². The zero-order chi connectivity index (χ0) is 24.6. The number of esters is 1. The van der Waals surface area contributed by atoms with E-state index in [1.807, 2.05) is 0 Å². The van der Waals surface area contributed by atoms with Gasteiger partial charge in [-0.15, -0.1) is 0 Å². The Kier molecular flexibility index (Phi) is 5.89. The maximum Gasteiger partial charge on any atom is 0.338 e. The van der Waals surface area contributed by atoms with Gasteiger partial charge in [-0.2, -0.15) is 0 Å². The first-order chi connectivity index (χ1) is 16.2. The Labute approximate surface area is 193 Å². The van der Waals surface area contributed by atoms with Gasteiger partial charge in [0.15, 0.2) is 29.1 Å². The summed E-state index contributed by atoms with van der Waals surface area (Å²) in [6.45, 7) is 0. The zero-order valence-corrected chi connectivity index (χ0v) is 18.2. The molecule has 1 aliphatic rings. The van der Waals surface area contributed by atoms with Gasteiger partial charge in [0.2, 0.25) is 5.75 Å². The Hall–Kier alpha value is -4.47. The van der Waals surface area contributed by atoms with Gasteiger partial charge in [-0.05, 0) is 24.3 Å². The van der Waals surface area contributed by atoms with Crippen LogP contribution in [-0.2, 0) is 11.2 Å². The van der Waals surface area contributed by atoms with Gasteiger partial charge in [-0.1, -0.05) is 6.07 Å². The lowest BCUT2D eigenvalue weighted by Gasteiger charge is -2.34. The maximum absolute atomic E-state index is 13.0. The quantitative estimate of drug-likeness (QED) is 0.277. The molecule has 10 heteroatoms. The van der Waals surface area contributed by atoms with E-state index in [0.717, 1.165) is 12.1 Å². The topological polar surface area (TPSA) is 155 Å². The fourth-order valence-corrected chi connectivity index (χ4v) is 3.82. The van der Waals surface area contributed by atoms with Gasteiger partial charge in [0.1, 0.15) is 23.4 Å². The van der Waals surface area contributed by atoms with E-state index < -0.39 is 23.9 Å². The van der Waals surface area contributed by atoms with Crippen LogP contribution in [0.3, 0.4) is 0 Å². The lowest BCUT2D eigenvalue weighted by molar-refractivity contribution is -0.0189. The highest BCUT2D eigenvalue weighted by Gasteiger charge is 2.37. The monoisotopic (exact) mass is 470 g/mol. The number of fused-ring (bicyclic) bond motifs is 1. The predicted octanol–water partition coefficient (Wildman–Crippen LogP) is 3.13. The molecule has 1 aliphatic heterocycles. The number of methoxy groups -OCH3 is 2. The molecular formula is C24H22O10. The fourth-order valence-electron chi connectivity index (χ4n) is 3.82. The van der Waals surface area contributed by atoms with E-state index in [2.05, 4.69) is 0 Å². The van der Waals surface area contributed by atoms with Gasteiger partial charge < -0.3 is 44.5 Å². The van der Waals surface area contributed by atoms with Crippen LogP contribution in [0.4, 0.5) is 0 Å². The van der Waals surface area contributed by atoms with E-state index in [9.17, 15) is 30.3 Å². The van der Waals surface area contributed by atoms with Crippen molar-refractivity contribution in [1.29, 1.82) is 0 Å². The van der Waals surface area contributed by atoms with Crippen LogP contribution in [0, 0.1) is 0 Å². The van der Waals surface area contributed by atoms with Gasteiger partial charge in [-0.25, -0.2) is 4.79 Å². The second-order valence-electron chi connectivity index (χ2n) is 7.61. The third kappa shape index (κ3) is 4.13. The fraction of sp³-hybridized carbons (Fsp3) is 0.208. The minimum Gasteiger partial charge on any atom is -0.508 e. The summed E-state index contributed by atoms with van der Waals surface area (Å²) in [7, 11) is 2.69. The molecule has 3 aromatic rings. The molecule has 1 heterocycles. The van der Waals surface area contributed by atoms with E-state index in [1.54, 1.807) is 0 Å². The van der Waals surface area contributed by atoms with Crippen molar-refractivity contribution in [2.24, 2.45) is 0 Å². The van der Waals surface area contributed by atoms with Gasteiger partial charge >= 0.3 is 5.97 Å². The molecule has 5 N–H and O–H groups in total. The molecule has 0 amide bonds. The normalized spacial score (nSPS) is 16.8. The second kappa shape index (κ2) is 8.81. The van der Waals surface area contributed by atoms with E-state index in [4.69, 9.17) is 18.9 Å². The Morgan fingerprint density at radius 2 is 1.65 bits per heavy atom. The van der Waals surface area contributed by atoms with Gasteiger partial charge in [0.25, 0.3) is 0 Å². The number of phenols is 5. The number of carbonyl (C=O) groups excluding carboxylic acids is 1. The molecule has 0 unspecified atom stereocenters. The molecule has 0 fully saturated rings. The van der Waals surface area contributed by atoms with Crippen molar-refractivity contribution >= 4 is 5.97 Å². The summed E-state index contributed by atoms with van der Waals surface area (Å²) in [6, 6.07) is 8.96. The first-order valence-corrected chi connectivity index (χ1v) is 10.1. The van der Waals surface area contributed by atoms with Crippen LogP contribution >= 0.6 is 0 Å². The predicted molar refractivity (Wildman–Crippen MR) is 117 cm³/mol. The number of rotatable bonds is 5. The first-order valence-electron chi connectivity index (χ1n) is 10.1. The van der Waals surface area contributed by atoms with Crippen molar-refractivity contribution in [2.45, 2.75) is 18.6 Å². The number of carbonyl (C=O) groups is 1. The number of ether oxygens (including phenoxy) is 4. The third-order valence-corrected chi connectivity index (χ3v) is 5.45. The summed E-state index contributed by atoms with van der Waals surface area (Å²) >= 11 is 0. The molecule has 4 rings (SSSR count). The summed E-state index contributed by atoms with van der Waals surface area (Å²) in [6.07, 6.45) is -1.94. The molecule has 0 saturated heterocycles. The molecule has 0 aliphatic carbocycles. The van der Waals surface area contributed by atoms with Crippen LogP contribution < -0.4 is 14.2 Å². The Balaban J connectivity index is 1.72. The summed E-state index contributed by atoms with van der Waals surface area (Å²) in [5.74, 6) is -2.02. The van der Waals surface area contributed by atoms with Crippen LogP contribution in [0.15, 0.2) is 42.5 Å². The van der Waals surface area contributed by atoms with Crippen molar-refractivity contribution < 1.29 is 49.3 Å². The molecule has 0 aromatic heterocycles. The standard InChI is InChI=1S/C24H22O10/c1-31-20-7-12(6-18(29)23(20)32-2)24(30)34-21-10-14-16(27)8-13(25)9-19(14)33-22(21)11-3-4-15(26)17(28)5-11/h3-9,21-22,25-29H,10H2,1-2H3/t21-,22-/m1/s1. The Morgan fingerprint density at radius 1 is 0.882 bits per heavy atom. The Bertz CT molecular complexity index is 1250. The highest BCUT2D eigenvalue weighted by Crippen LogP contribution is 2.44. The van der Waals surface area contributed by atoms with E-state index in [-0.39, 0.29) is 52.2 Å². The average Bonchev–Trinajstić information content (AvgIpc) is 2.80. The van der Waals surface area contributed by atoms with Crippen molar-refractivity contribution in [3.63, 3.8) is 0 Å². The highest BCUT2D eigenvalue weighted by atomic mass is 16.6. The second-order valence-corrected chi connectivity index (χ2v) is 7.61. The van der Waals surface area contributed by atoms with E-state index in [0.29, 0.717) is 11.1 Å². The maximum atomic E-state index is 13.0. The van der Waals surface area contributed by atoms with Crippen molar-refractivity contribution in [3.8, 4) is 46.0 Å². The number of phenolic OH excluding ortho intramolecular Hbond substituents is 5. The molecule has 0 bridgehead atoms. The molecule has 178 valence electrons. The summed E-state index contributed by atoms with van der Waals surface area (Å²) in [5.41, 5.74) is 0.657. The number of hydrogen-bond donors (Lipinski definition) is 5. The van der Waals surface area contributed by atoms with E-state index >= 15 is 0 Å². The molecule has 3 aromatic carbocycles. The number of aromatic hydroxyl groups is 5. The summed E-state index contributed by atoms with van der Waals surface area (Å²) < 4.78 is 21.9. The average molecular weight is 470 g/mol.